The maximum Gasteiger partial charge on any atom is 0.258 e. The number of aromatic amines is 1. The van der Waals surface area contributed by atoms with Crippen LogP contribution in [0.15, 0.2) is 51.9 Å². The molecule has 0 radical (unpaired) electrons. The van der Waals surface area contributed by atoms with E-state index in [2.05, 4.69) is 36.2 Å². The monoisotopic (exact) mass is 386 g/mol. The first-order valence-corrected chi connectivity index (χ1v) is 8.30. The predicted molar refractivity (Wildman–Crippen MR) is 95.9 cm³/mol. The SMILES string of the molecule is O=C(CCCc1nc2ccccc2c(=O)[nH]1)Nc1ccc(Br)cn1. The second-order valence-electron chi connectivity index (χ2n) is 5.29. The molecule has 0 aliphatic rings. The van der Waals surface area contributed by atoms with Gasteiger partial charge in [-0.05, 0) is 46.6 Å². The van der Waals surface area contributed by atoms with E-state index >= 15 is 0 Å². The number of aromatic nitrogens is 3. The van der Waals surface area contributed by atoms with E-state index in [0.717, 1.165) is 4.47 Å². The molecule has 2 N–H and O–H groups in total. The molecule has 0 spiro atoms. The molecule has 1 aromatic carbocycles. The van der Waals surface area contributed by atoms with Crippen LogP contribution >= 0.6 is 15.9 Å². The van der Waals surface area contributed by atoms with Crippen LogP contribution in [0.5, 0.6) is 0 Å². The molecule has 0 saturated heterocycles. The van der Waals surface area contributed by atoms with E-state index in [1.165, 1.54) is 0 Å². The summed E-state index contributed by atoms with van der Waals surface area (Å²) in [5.41, 5.74) is 0.513. The highest BCUT2D eigenvalue weighted by atomic mass is 79.9. The van der Waals surface area contributed by atoms with E-state index in [9.17, 15) is 9.59 Å². The quantitative estimate of drug-likeness (QED) is 0.705. The molecule has 2 aromatic heterocycles. The van der Waals surface area contributed by atoms with Gasteiger partial charge in [0.1, 0.15) is 11.6 Å². The number of aryl methyl sites for hydroxylation is 1. The second-order valence-corrected chi connectivity index (χ2v) is 6.21. The molecule has 0 bridgehead atoms. The van der Waals surface area contributed by atoms with Crippen LogP contribution in [0.4, 0.5) is 5.82 Å². The normalized spacial score (nSPS) is 10.7. The van der Waals surface area contributed by atoms with Gasteiger partial charge in [0, 0.05) is 23.5 Å². The summed E-state index contributed by atoms with van der Waals surface area (Å²) in [6.07, 6.45) is 3.07. The van der Waals surface area contributed by atoms with Gasteiger partial charge in [-0.3, -0.25) is 9.59 Å². The zero-order valence-corrected chi connectivity index (χ0v) is 14.3. The topological polar surface area (TPSA) is 87.7 Å². The maximum absolute atomic E-state index is 12.0. The van der Waals surface area contributed by atoms with Crippen LogP contribution in [0.2, 0.25) is 0 Å². The average molecular weight is 387 g/mol. The number of nitrogens with zero attached hydrogens (tertiary/aromatic N) is 2. The lowest BCUT2D eigenvalue weighted by molar-refractivity contribution is -0.116. The molecular formula is C17H15BrN4O2. The number of fused-ring (bicyclic) bond motifs is 1. The first kappa shape index (κ1) is 16.3. The van der Waals surface area contributed by atoms with Crippen molar-refractivity contribution in [3.63, 3.8) is 0 Å². The smallest absolute Gasteiger partial charge is 0.258 e. The molecule has 7 heteroatoms. The van der Waals surface area contributed by atoms with E-state index in [1.807, 2.05) is 12.1 Å². The average Bonchev–Trinajstić information content (AvgIpc) is 2.57. The number of halogens is 1. The van der Waals surface area contributed by atoms with E-state index in [1.54, 1.807) is 30.5 Å². The van der Waals surface area contributed by atoms with E-state index < -0.39 is 0 Å². The van der Waals surface area contributed by atoms with Crippen molar-refractivity contribution in [1.82, 2.24) is 15.0 Å². The van der Waals surface area contributed by atoms with Crippen molar-refractivity contribution in [1.29, 1.82) is 0 Å². The third kappa shape index (κ3) is 4.05. The minimum atomic E-state index is -0.154. The third-order valence-corrected chi connectivity index (χ3v) is 3.94. The number of hydrogen-bond acceptors (Lipinski definition) is 4. The van der Waals surface area contributed by atoms with Crippen LogP contribution in [-0.2, 0) is 11.2 Å². The van der Waals surface area contributed by atoms with Crippen LogP contribution in [0.25, 0.3) is 10.9 Å². The van der Waals surface area contributed by atoms with Crippen LogP contribution < -0.4 is 10.9 Å². The van der Waals surface area contributed by atoms with Gasteiger partial charge in [0.2, 0.25) is 5.91 Å². The second kappa shape index (κ2) is 7.35. The van der Waals surface area contributed by atoms with Crippen molar-refractivity contribution in [2.75, 3.05) is 5.32 Å². The maximum atomic E-state index is 12.0. The number of H-pyrrole nitrogens is 1. The lowest BCUT2D eigenvalue weighted by Crippen LogP contribution is -2.14. The Labute approximate surface area is 146 Å². The number of carbonyl (C=O) groups excluding carboxylic acids is 1. The number of anilines is 1. The molecular weight excluding hydrogens is 372 g/mol. The highest BCUT2D eigenvalue weighted by Gasteiger charge is 2.06. The van der Waals surface area contributed by atoms with E-state index in [0.29, 0.717) is 41.8 Å². The molecule has 1 amide bonds. The summed E-state index contributed by atoms with van der Waals surface area (Å²) in [6, 6.07) is 10.7. The van der Waals surface area contributed by atoms with Gasteiger partial charge in [-0.2, -0.15) is 0 Å². The fourth-order valence-corrected chi connectivity index (χ4v) is 2.56. The minimum absolute atomic E-state index is 0.118. The predicted octanol–water partition coefficient (Wildman–Crippen LogP) is 3.04. The molecule has 0 saturated carbocycles. The molecule has 0 aliphatic carbocycles. The van der Waals surface area contributed by atoms with Gasteiger partial charge < -0.3 is 10.3 Å². The standard InChI is InChI=1S/C17H15BrN4O2/c18-11-8-9-14(19-10-11)21-16(23)7-3-6-15-20-13-5-2-1-4-12(13)17(24)22-15/h1-2,4-5,8-10H,3,6-7H2,(H,19,21,23)(H,20,22,24). The fourth-order valence-electron chi connectivity index (χ4n) is 2.32. The zero-order valence-electron chi connectivity index (χ0n) is 12.8. The molecule has 3 aromatic rings. The summed E-state index contributed by atoms with van der Waals surface area (Å²) in [6.45, 7) is 0. The zero-order chi connectivity index (χ0) is 16.9. The Kier molecular flexibility index (Phi) is 5.00. The van der Waals surface area contributed by atoms with Gasteiger partial charge in [0.25, 0.3) is 5.56 Å². The molecule has 3 rings (SSSR count). The number of amides is 1. The Morgan fingerprint density at radius 1 is 1.21 bits per heavy atom. The summed E-state index contributed by atoms with van der Waals surface area (Å²) < 4.78 is 0.854. The van der Waals surface area contributed by atoms with Gasteiger partial charge in [0.05, 0.1) is 10.9 Å². The summed E-state index contributed by atoms with van der Waals surface area (Å²) in [7, 11) is 0. The summed E-state index contributed by atoms with van der Waals surface area (Å²) in [5, 5.41) is 3.30. The molecule has 2 heterocycles. The number of benzene rings is 1. The Hall–Kier alpha value is -2.54. The molecule has 0 aliphatic heterocycles. The summed E-state index contributed by atoms with van der Waals surface area (Å²) in [5.74, 6) is 0.988. The fraction of sp³-hybridized carbons (Fsp3) is 0.176. The van der Waals surface area contributed by atoms with Gasteiger partial charge in [0.15, 0.2) is 0 Å². The van der Waals surface area contributed by atoms with Crippen molar-refractivity contribution < 1.29 is 4.79 Å². The molecule has 0 atom stereocenters. The summed E-state index contributed by atoms with van der Waals surface area (Å²) in [4.78, 5) is 35.2. The number of hydrogen-bond donors (Lipinski definition) is 2. The Bertz CT molecular complexity index is 922. The van der Waals surface area contributed by atoms with Crippen LogP contribution in [0, 0.1) is 0 Å². The number of carbonyl (C=O) groups is 1. The Balaban J connectivity index is 1.57. The lowest BCUT2D eigenvalue weighted by Gasteiger charge is -2.05. The minimum Gasteiger partial charge on any atom is -0.311 e. The number of rotatable bonds is 5. The van der Waals surface area contributed by atoms with Crippen molar-refractivity contribution in [3.8, 4) is 0 Å². The summed E-state index contributed by atoms with van der Waals surface area (Å²) >= 11 is 3.29. The van der Waals surface area contributed by atoms with Crippen molar-refractivity contribution in [3.05, 3.63) is 63.2 Å². The van der Waals surface area contributed by atoms with E-state index in [4.69, 9.17) is 0 Å². The Morgan fingerprint density at radius 2 is 2.04 bits per heavy atom. The number of pyridine rings is 1. The molecule has 6 nitrogen and oxygen atoms in total. The number of nitrogens with one attached hydrogen (secondary N) is 2. The molecule has 24 heavy (non-hydrogen) atoms. The third-order valence-electron chi connectivity index (χ3n) is 3.47. The van der Waals surface area contributed by atoms with Crippen molar-refractivity contribution >= 4 is 38.6 Å². The van der Waals surface area contributed by atoms with Crippen LogP contribution in [-0.4, -0.2) is 20.9 Å². The first-order chi connectivity index (χ1) is 11.6. The van der Waals surface area contributed by atoms with Gasteiger partial charge >= 0.3 is 0 Å². The Morgan fingerprint density at radius 3 is 2.83 bits per heavy atom. The van der Waals surface area contributed by atoms with Crippen LogP contribution in [0.3, 0.4) is 0 Å². The van der Waals surface area contributed by atoms with E-state index in [-0.39, 0.29) is 11.5 Å². The first-order valence-electron chi connectivity index (χ1n) is 7.51. The number of para-hydroxylation sites is 1. The van der Waals surface area contributed by atoms with Crippen molar-refractivity contribution in [2.45, 2.75) is 19.3 Å². The molecule has 0 fully saturated rings. The highest BCUT2D eigenvalue weighted by molar-refractivity contribution is 9.10. The largest absolute Gasteiger partial charge is 0.311 e. The molecule has 0 unspecified atom stereocenters. The highest BCUT2D eigenvalue weighted by Crippen LogP contribution is 2.11. The lowest BCUT2D eigenvalue weighted by atomic mass is 10.2. The molecule has 122 valence electrons. The van der Waals surface area contributed by atoms with Crippen LogP contribution in [0.1, 0.15) is 18.7 Å². The van der Waals surface area contributed by atoms with Gasteiger partial charge in [-0.15, -0.1) is 0 Å². The van der Waals surface area contributed by atoms with Gasteiger partial charge in [-0.25, -0.2) is 9.97 Å². The van der Waals surface area contributed by atoms with Gasteiger partial charge in [-0.1, -0.05) is 12.1 Å². The van der Waals surface area contributed by atoms with Crippen molar-refractivity contribution in [2.24, 2.45) is 0 Å².